The standard InChI is InChI=1S/C54H95NO5/c1-4-7-10-13-16-19-22-25-28-30-33-36-39-42-45-50(60-54(59)47-44-41-38-35-32-27-24-21-18-15-12-9-6-3)48-53(58)55-51(49-56)52(57)46-43-40-37-34-31-29-26-23-20-17-14-11-8-5-2/h7,9-10,12,15-16,18-19,21,24-25,28,50-52,56-57H,4-6,8,11,13-14,17,20,22-23,26-27,29-49H2,1-3H3,(H,55,58)/b10-7+,12-9+,18-15+,19-16+,24-21-,28-25+. The number of carbonyl (C=O) groups excluding carboxylic acids is 2. The third kappa shape index (κ3) is 42.0. The van der Waals surface area contributed by atoms with E-state index in [0.717, 1.165) is 116 Å². The van der Waals surface area contributed by atoms with Gasteiger partial charge in [0.2, 0.25) is 5.91 Å². The van der Waals surface area contributed by atoms with Crippen LogP contribution in [0.2, 0.25) is 0 Å². The van der Waals surface area contributed by atoms with Crippen LogP contribution in [0.25, 0.3) is 0 Å². The van der Waals surface area contributed by atoms with E-state index in [1.807, 2.05) is 0 Å². The van der Waals surface area contributed by atoms with Gasteiger partial charge >= 0.3 is 5.97 Å². The van der Waals surface area contributed by atoms with E-state index >= 15 is 0 Å². The summed E-state index contributed by atoms with van der Waals surface area (Å²) in [6.07, 6.45) is 59.6. The van der Waals surface area contributed by atoms with E-state index < -0.39 is 18.2 Å². The number of amides is 1. The van der Waals surface area contributed by atoms with Crippen LogP contribution in [0.15, 0.2) is 72.9 Å². The molecule has 0 rings (SSSR count). The number of unbranched alkanes of at least 4 members (excludes halogenated alkanes) is 22. The minimum atomic E-state index is -0.800. The van der Waals surface area contributed by atoms with Crippen LogP contribution >= 0.6 is 0 Å². The van der Waals surface area contributed by atoms with E-state index in [1.54, 1.807) is 0 Å². The summed E-state index contributed by atoms with van der Waals surface area (Å²) in [6, 6.07) is -0.716. The topological polar surface area (TPSA) is 95.9 Å². The second-order valence-electron chi connectivity index (χ2n) is 16.9. The van der Waals surface area contributed by atoms with E-state index in [1.165, 1.54) is 70.6 Å². The van der Waals surface area contributed by atoms with Crippen LogP contribution in [0.1, 0.15) is 233 Å². The quantitative estimate of drug-likeness (QED) is 0.0246. The minimum Gasteiger partial charge on any atom is -0.462 e. The van der Waals surface area contributed by atoms with Crippen LogP contribution in [0.4, 0.5) is 0 Å². The first-order valence-electron chi connectivity index (χ1n) is 25.2. The summed E-state index contributed by atoms with van der Waals surface area (Å²) in [7, 11) is 0. The molecule has 0 saturated carbocycles. The molecule has 0 aliphatic rings. The second kappa shape index (κ2) is 47.4. The SMILES string of the molecule is CC/C=C/C=C/C=C\CCCCCCCC(=O)OC(CCCCCC/C=C/C/C=C/C/C=C/CC)CC(=O)NC(CO)C(O)CCCCCCCCCCCCCCCC. The third-order valence-electron chi connectivity index (χ3n) is 11.1. The van der Waals surface area contributed by atoms with E-state index in [2.05, 4.69) is 99.0 Å². The summed E-state index contributed by atoms with van der Waals surface area (Å²) >= 11 is 0. The molecule has 0 aromatic carbocycles. The van der Waals surface area contributed by atoms with Gasteiger partial charge in [-0.25, -0.2) is 0 Å². The van der Waals surface area contributed by atoms with E-state index in [9.17, 15) is 19.8 Å². The Morgan fingerprint density at radius 3 is 1.55 bits per heavy atom. The Kier molecular flexibility index (Phi) is 45.2. The molecule has 60 heavy (non-hydrogen) atoms. The van der Waals surface area contributed by atoms with Crippen molar-refractivity contribution in [2.24, 2.45) is 0 Å². The maximum absolute atomic E-state index is 13.2. The number of nitrogens with one attached hydrogen (secondary N) is 1. The van der Waals surface area contributed by atoms with Crippen molar-refractivity contribution < 1.29 is 24.5 Å². The van der Waals surface area contributed by atoms with E-state index in [-0.39, 0.29) is 24.9 Å². The van der Waals surface area contributed by atoms with Gasteiger partial charge in [0.1, 0.15) is 6.10 Å². The average molecular weight is 838 g/mol. The van der Waals surface area contributed by atoms with Gasteiger partial charge in [0, 0.05) is 6.42 Å². The fourth-order valence-corrected chi connectivity index (χ4v) is 7.33. The van der Waals surface area contributed by atoms with Crippen molar-refractivity contribution in [3.63, 3.8) is 0 Å². The molecule has 0 aliphatic heterocycles. The first-order valence-corrected chi connectivity index (χ1v) is 25.2. The average Bonchev–Trinajstić information content (AvgIpc) is 3.24. The molecule has 0 bridgehead atoms. The van der Waals surface area contributed by atoms with E-state index in [4.69, 9.17) is 4.74 Å². The van der Waals surface area contributed by atoms with Crippen LogP contribution in [-0.4, -0.2) is 46.9 Å². The fraction of sp³-hybridized carbons (Fsp3) is 0.741. The first-order chi connectivity index (χ1) is 29.5. The molecule has 3 unspecified atom stereocenters. The Balaban J connectivity index is 4.64. The lowest BCUT2D eigenvalue weighted by atomic mass is 10.0. The highest BCUT2D eigenvalue weighted by molar-refractivity contribution is 5.77. The summed E-state index contributed by atoms with van der Waals surface area (Å²) in [5.74, 6) is -0.522. The Bertz CT molecular complexity index is 1120. The summed E-state index contributed by atoms with van der Waals surface area (Å²) in [5.41, 5.74) is 0. The monoisotopic (exact) mass is 838 g/mol. The Hall–Kier alpha value is -2.70. The summed E-state index contributed by atoms with van der Waals surface area (Å²) < 4.78 is 5.91. The van der Waals surface area contributed by atoms with Crippen LogP contribution < -0.4 is 5.32 Å². The lowest BCUT2D eigenvalue weighted by Gasteiger charge is -2.24. The van der Waals surface area contributed by atoms with Gasteiger partial charge in [-0.3, -0.25) is 9.59 Å². The fourth-order valence-electron chi connectivity index (χ4n) is 7.33. The molecule has 0 radical (unpaired) electrons. The molecular weight excluding hydrogens is 743 g/mol. The number of hydrogen-bond acceptors (Lipinski definition) is 5. The summed E-state index contributed by atoms with van der Waals surface area (Å²) in [4.78, 5) is 26.1. The predicted octanol–water partition coefficient (Wildman–Crippen LogP) is 15.0. The molecule has 0 aliphatic carbocycles. The molecule has 0 saturated heterocycles. The Morgan fingerprint density at radius 2 is 0.983 bits per heavy atom. The maximum atomic E-state index is 13.2. The molecule has 6 nitrogen and oxygen atoms in total. The highest BCUT2D eigenvalue weighted by Gasteiger charge is 2.24. The van der Waals surface area contributed by atoms with Crippen LogP contribution in [0, 0.1) is 0 Å². The summed E-state index contributed by atoms with van der Waals surface area (Å²) in [5, 5.41) is 23.8. The van der Waals surface area contributed by atoms with E-state index in [0.29, 0.717) is 19.3 Å². The van der Waals surface area contributed by atoms with Gasteiger partial charge in [-0.1, -0.05) is 216 Å². The maximum Gasteiger partial charge on any atom is 0.306 e. The highest BCUT2D eigenvalue weighted by atomic mass is 16.5. The van der Waals surface area contributed by atoms with Gasteiger partial charge in [-0.05, 0) is 77.0 Å². The number of aliphatic hydroxyl groups excluding tert-OH is 2. The lowest BCUT2D eigenvalue weighted by Crippen LogP contribution is -2.46. The van der Waals surface area contributed by atoms with Gasteiger partial charge in [0.25, 0.3) is 0 Å². The number of esters is 1. The van der Waals surface area contributed by atoms with Crippen molar-refractivity contribution in [1.82, 2.24) is 5.32 Å². The molecule has 3 atom stereocenters. The first kappa shape index (κ1) is 57.3. The van der Waals surface area contributed by atoms with Crippen molar-refractivity contribution >= 4 is 11.9 Å². The zero-order chi connectivity index (χ0) is 43.8. The largest absolute Gasteiger partial charge is 0.462 e. The molecule has 0 aromatic rings. The minimum absolute atomic E-state index is 0.0515. The number of hydrogen-bond donors (Lipinski definition) is 3. The lowest BCUT2D eigenvalue weighted by molar-refractivity contribution is -0.151. The number of carbonyl (C=O) groups is 2. The van der Waals surface area contributed by atoms with Gasteiger partial charge in [-0.2, -0.15) is 0 Å². The normalized spacial score (nSPS) is 13.9. The zero-order valence-corrected chi connectivity index (χ0v) is 39.3. The molecule has 3 N–H and O–H groups in total. The number of aliphatic hydroxyl groups is 2. The molecule has 0 spiro atoms. The third-order valence-corrected chi connectivity index (χ3v) is 11.1. The Morgan fingerprint density at radius 1 is 0.517 bits per heavy atom. The molecular formula is C54H95NO5. The number of ether oxygens (including phenoxy) is 1. The van der Waals surface area contributed by atoms with Gasteiger partial charge in [-0.15, -0.1) is 0 Å². The molecule has 0 fully saturated rings. The molecule has 6 heteroatoms. The van der Waals surface area contributed by atoms with Gasteiger partial charge in [0.05, 0.1) is 25.2 Å². The molecule has 0 aromatic heterocycles. The Labute approximate surface area is 371 Å². The molecule has 346 valence electrons. The van der Waals surface area contributed by atoms with Crippen LogP contribution in [-0.2, 0) is 14.3 Å². The van der Waals surface area contributed by atoms with Crippen molar-refractivity contribution in [3.05, 3.63) is 72.9 Å². The highest BCUT2D eigenvalue weighted by Crippen LogP contribution is 2.17. The van der Waals surface area contributed by atoms with Gasteiger partial charge < -0.3 is 20.3 Å². The molecule has 0 heterocycles. The number of rotatable bonds is 44. The second-order valence-corrected chi connectivity index (χ2v) is 16.9. The molecule has 1 amide bonds. The van der Waals surface area contributed by atoms with Crippen LogP contribution in [0.5, 0.6) is 0 Å². The van der Waals surface area contributed by atoms with Crippen molar-refractivity contribution in [2.75, 3.05) is 6.61 Å². The predicted molar refractivity (Wildman–Crippen MR) is 259 cm³/mol. The number of allylic oxidation sites excluding steroid dienone is 12. The van der Waals surface area contributed by atoms with Crippen LogP contribution in [0.3, 0.4) is 0 Å². The van der Waals surface area contributed by atoms with Crippen molar-refractivity contribution in [3.8, 4) is 0 Å². The zero-order valence-electron chi connectivity index (χ0n) is 39.3. The van der Waals surface area contributed by atoms with Crippen molar-refractivity contribution in [2.45, 2.75) is 251 Å². The summed E-state index contributed by atoms with van der Waals surface area (Å²) in [6.45, 7) is 6.23. The smallest absolute Gasteiger partial charge is 0.306 e. The van der Waals surface area contributed by atoms with Gasteiger partial charge in [0.15, 0.2) is 0 Å². The van der Waals surface area contributed by atoms with Crippen molar-refractivity contribution in [1.29, 1.82) is 0 Å².